The van der Waals surface area contributed by atoms with Crippen molar-refractivity contribution in [3.63, 3.8) is 0 Å². The highest BCUT2D eigenvalue weighted by Gasteiger charge is 2.27. The first-order valence-corrected chi connectivity index (χ1v) is 8.74. The van der Waals surface area contributed by atoms with Gasteiger partial charge in [-0.2, -0.15) is 4.98 Å². The zero-order chi connectivity index (χ0) is 17.2. The summed E-state index contributed by atoms with van der Waals surface area (Å²) in [6, 6.07) is 21.4. The molecule has 1 aliphatic rings. The van der Waals surface area contributed by atoms with Crippen LogP contribution in [-0.2, 0) is 6.42 Å². The maximum Gasteiger partial charge on any atom is 0.225 e. The lowest BCUT2D eigenvalue weighted by Gasteiger charge is -2.24. The molecule has 2 atom stereocenters. The Morgan fingerprint density at radius 1 is 1.04 bits per heavy atom. The third-order valence-corrected chi connectivity index (χ3v) is 4.74. The van der Waals surface area contributed by atoms with Gasteiger partial charge in [-0.1, -0.05) is 48.5 Å². The van der Waals surface area contributed by atoms with Gasteiger partial charge in [-0.15, -0.1) is 0 Å². The minimum Gasteiger partial charge on any atom is -0.348 e. The monoisotopic (exact) mass is 330 g/mol. The number of aromatic nitrogens is 2. The van der Waals surface area contributed by atoms with Crippen LogP contribution in [0.5, 0.6) is 0 Å². The summed E-state index contributed by atoms with van der Waals surface area (Å²) < 4.78 is 0. The summed E-state index contributed by atoms with van der Waals surface area (Å²) in [6.07, 6.45) is 2.87. The van der Waals surface area contributed by atoms with Crippen LogP contribution in [0, 0.1) is 0 Å². The van der Waals surface area contributed by atoms with Crippen LogP contribution in [0.1, 0.15) is 31.0 Å². The number of hydrogen-bond acceptors (Lipinski definition) is 4. The molecular weight excluding hydrogens is 308 g/mol. The predicted molar refractivity (Wildman–Crippen MR) is 102 cm³/mol. The number of anilines is 3. The summed E-state index contributed by atoms with van der Waals surface area (Å²) in [5, 5.41) is 3.41. The maximum absolute atomic E-state index is 4.77. The first-order chi connectivity index (χ1) is 12.2. The molecule has 0 spiro atoms. The third kappa shape index (κ3) is 3.07. The number of hydrogen-bond donors (Lipinski definition) is 1. The molecule has 4 heteroatoms. The van der Waals surface area contributed by atoms with Gasteiger partial charge in [-0.3, -0.25) is 0 Å². The molecule has 1 aromatic heterocycles. The van der Waals surface area contributed by atoms with Crippen molar-refractivity contribution in [2.24, 2.45) is 0 Å². The van der Waals surface area contributed by atoms with E-state index in [1.165, 1.54) is 16.8 Å². The van der Waals surface area contributed by atoms with E-state index in [0.717, 1.165) is 12.2 Å². The number of para-hydroxylation sites is 1. The lowest BCUT2D eigenvalue weighted by molar-refractivity contribution is 0.748. The van der Waals surface area contributed by atoms with Crippen LogP contribution < -0.4 is 10.2 Å². The molecule has 0 fully saturated rings. The van der Waals surface area contributed by atoms with E-state index in [-0.39, 0.29) is 6.04 Å². The lowest BCUT2D eigenvalue weighted by Crippen LogP contribution is -2.25. The zero-order valence-corrected chi connectivity index (χ0v) is 14.6. The number of rotatable bonds is 4. The molecule has 0 radical (unpaired) electrons. The summed E-state index contributed by atoms with van der Waals surface area (Å²) in [4.78, 5) is 11.5. The average molecular weight is 330 g/mol. The summed E-state index contributed by atoms with van der Waals surface area (Å²) >= 11 is 0. The van der Waals surface area contributed by atoms with Crippen LogP contribution in [0.2, 0.25) is 0 Å². The van der Waals surface area contributed by atoms with Gasteiger partial charge in [-0.05, 0) is 43.5 Å². The van der Waals surface area contributed by atoms with E-state index in [2.05, 4.69) is 65.4 Å². The summed E-state index contributed by atoms with van der Waals surface area (Å²) in [5.41, 5.74) is 3.84. The van der Waals surface area contributed by atoms with Crippen molar-refractivity contribution in [2.75, 3.05) is 10.2 Å². The molecular formula is C21H22N4. The molecule has 0 saturated carbocycles. The molecule has 2 heterocycles. The Hall–Kier alpha value is -2.88. The first-order valence-electron chi connectivity index (χ1n) is 8.74. The van der Waals surface area contributed by atoms with Gasteiger partial charge in [0.25, 0.3) is 0 Å². The Kier molecular flexibility index (Phi) is 4.10. The van der Waals surface area contributed by atoms with Gasteiger partial charge in [0.1, 0.15) is 5.82 Å². The standard InChI is InChI=1S/C21H22N4/c1-15-14-18-10-6-7-11-19(18)25(15)20-12-13-22-21(24-20)23-16(2)17-8-4-3-5-9-17/h3-13,15-16H,14H2,1-2H3,(H,22,23,24). The largest absolute Gasteiger partial charge is 0.348 e. The Balaban J connectivity index is 1.60. The summed E-state index contributed by atoms with van der Waals surface area (Å²) in [7, 11) is 0. The highest BCUT2D eigenvalue weighted by Crippen LogP contribution is 2.37. The molecule has 1 N–H and O–H groups in total. The molecule has 0 aliphatic carbocycles. The van der Waals surface area contributed by atoms with Gasteiger partial charge >= 0.3 is 0 Å². The molecule has 0 saturated heterocycles. The fraction of sp³-hybridized carbons (Fsp3) is 0.238. The second-order valence-corrected chi connectivity index (χ2v) is 6.57. The maximum atomic E-state index is 4.77. The highest BCUT2D eigenvalue weighted by molar-refractivity contribution is 5.69. The van der Waals surface area contributed by atoms with E-state index < -0.39 is 0 Å². The van der Waals surface area contributed by atoms with Crippen LogP contribution in [0.25, 0.3) is 0 Å². The van der Waals surface area contributed by atoms with Crippen molar-refractivity contribution < 1.29 is 0 Å². The fourth-order valence-electron chi connectivity index (χ4n) is 3.49. The van der Waals surface area contributed by atoms with Crippen molar-refractivity contribution in [3.05, 3.63) is 78.0 Å². The first kappa shape index (κ1) is 15.6. The van der Waals surface area contributed by atoms with Crippen LogP contribution in [0.4, 0.5) is 17.5 Å². The van der Waals surface area contributed by atoms with Crippen molar-refractivity contribution in [1.82, 2.24) is 9.97 Å². The van der Waals surface area contributed by atoms with E-state index in [4.69, 9.17) is 4.98 Å². The molecule has 1 aliphatic heterocycles. The second kappa shape index (κ2) is 6.55. The van der Waals surface area contributed by atoms with E-state index >= 15 is 0 Å². The van der Waals surface area contributed by atoms with Gasteiger partial charge < -0.3 is 10.2 Å². The van der Waals surface area contributed by atoms with Crippen molar-refractivity contribution in [3.8, 4) is 0 Å². The zero-order valence-electron chi connectivity index (χ0n) is 14.6. The minimum absolute atomic E-state index is 0.153. The summed E-state index contributed by atoms with van der Waals surface area (Å²) in [5.74, 6) is 1.60. The van der Waals surface area contributed by atoms with Crippen LogP contribution in [0.3, 0.4) is 0 Å². The summed E-state index contributed by atoms with van der Waals surface area (Å²) in [6.45, 7) is 4.36. The normalized spacial score (nSPS) is 17.2. The van der Waals surface area contributed by atoms with Crippen LogP contribution >= 0.6 is 0 Å². The number of benzene rings is 2. The smallest absolute Gasteiger partial charge is 0.225 e. The molecule has 126 valence electrons. The van der Waals surface area contributed by atoms with Gasteiger partial charge in [0, 0.05) is 17.9 Å². The molecule has 25 heavy (non-hydrogen) atoms. The van der Waals surface area contributed by atoms with Crippen molar-refractivity contribution >= 4 is 17.5 Å². The van der Waals surface area contributed by atoms with Gasteiger partial charge in [0.2, 0.25) is 5.95 Å². The molecule has 3 aromatic rings. The van der Waals surface area contributed by atoms with E-state index in [0.29, 0.717) is 12.0 Å². The molecule has 4 nitrogen and oxygen atoms in total. The second-order valence-electron chi connectivity index (χ2n) is 6.57. The topological polar surface area (TPSA) is 41.1 Å². The Morgan fingerprint density at radius 2 is 1.80 bits per heavy atom. The van der Waals surface area contributed by atoms with Gasteiger partial charge in [-0.25, -0.2) is 4.98 Å². The van der Waals surface area contributed by atoms with E-state index in [1.54, 1.807) is 0 Å². The molecule has 0 amide bonds. The Labute approximate surface area is 148 Å². The Morgan fingerprint density at radius 3 is 2.64 bits per heavy atom. The number of fused-ring (bicyclic) bond motifs is 1. The van der Waals surface area contributed by atoms with Crippen LogP contribution in [0.15, 0.2) is 66.9 Å². The van der Waals surface area contributed by atoms with Crippen LogP contribution in [-0.4, -0.2) is 16.0 Å². The van der Waals surface area contributed by atoms with E-state index in [1.807, 2.05) is 30.5 Å². The molecule has 0 bridgehead atoms. The highest BCUT2D eigenvalue weighted by atomic mass is 15.3. The Bertz CT molecular complexity index is 863. The van der Waals surface area contributed by atoms with Crippen molar-refractivity contribution in [2.45, 2.75) is 32.4 Å². The molecule has 2 unspecified atom stereocenters. The molecule has 4 rings (SSSR count). The average Bonchev–Trinajstić information content (AvgIpc) is 2.98. The molecule has 2 aromatic carbocycles. The van der Waals surface area contributed by atoms with Crippen molar-refractivity contribution in [1.29, 1.82) is 0 Å². The van der Waals surface area contributed by atoms with Gasteiger partial charge in [0.05, 0.1) is 6.04 Å². The van der Waals surface area contributed by atoms with Gasteiger partial charge in [0.15, 0.2) is 0 Å². The SMILES string of the molecule is CC(Nc1nccc(N2c3ccccc3CC2C)n1)c1ccccc1. The third-order valence-electron chi connectivity index (χ3n) is 4.74. The fourth-order valence-corrected chi connectivity index (χ4v) is 3.49. The van der Waals surface area contributed by atoms with E-state index in [9.17, 15) is 0 Å². The minimum atomic E-state index is 0.153. The quantitative estimate of drug-likeness (QED) is 0.750. The number of nitrogens with zero attached hydrogens (tertiary/aromatic N) is 3. The lowest BCUT2D eigenvalue weighted by atomic mass is 10.1. The predicted octanol–water partition coefficient (Wildman–Crippen LogP) is 4.73. The number of nitrogens with one attached hydrogen (secondary N) is 1.